The van der Waals surface area contributed by atoms with Gasteiger partial charge in [-0.2, -0.15) is 0 Å². The highest BCUT2D eigenvalue weighted by Gasteiger charge is 2.12. The van der Waals surface area contributed by atoms with E-state index in [9.17, 15) is 14.9 Å². The fourth-order valence-corrected chi connectivity index (χ4v) is 3.98. The summed E-state index contributed by atoms with van der Waals surface area (Å²) in [7, 11) is 3.17. The van der Waals surface area contributed by atoms with Gasteiger partial charge in [-0.15, -0.1) is 0 Å². The molecule has 0 saturated carbocycles. The van der Waals surface area contributed by atoms with Crippen LogP contribution < -0.4 is 15.0 Å². The lowest BCUT2D eigenvalue weighted by Gasteiger charge is -2.10. The first-order valence-corrected chi connectivity index (χ1v) is 10.8. The molecule has 3 rings (SSSR count). The van der Waals surface area contributed by atoms with Gasteiger partial charge in [0.2, 0.25) is 0 Å². The first kappa shape index (κ1) is 22.1. The number of benzene rings is 2. The highest BCUT2D eigenvalue weighted by atomic mass is 127. The third kappa shape index (κ3) is 5.51. The molecule has 1 N–H and O–H groups in total. The fraction of sp³-hybridized carbons (Fsp3) is 0.200. The number of halogens is 1. The molecule has 10 heteroatoms. The lowest BCUT2D eigenvalue weighted by atomic mass is 10.1. The Bertz CT molecular complexity index is 1100. The standard InChI is InChI=1S/C20H18IN3O5S/c1-28-15-7-13(8-16(10-15)29-2)9-17-18(21)19(25)23-20(22-17)30-11-12-3-5-14(6-4-12)24(26)27/h3-8,10H,9,11H2,1-2H3,(H,22,23,25). The second kappa shape index (κ2) is 9.94. The summed E-state index contributed by atoms with van der Waals surface area (Å²) in [5.41, 5.74) is 2.29. The predicted molar refractivity (Wildman–Crippen MR) is 123 cm³/mol. The Hall–Kier alpha value is -2.60. The zero-order chi connectivity index (χ0) is 21.7. The first-order chi connectivity index (χ1) is 14.4. The van der Waals surface area contributed by atoms with Crippen LogP contribution in [0.25, 0.3) is 0 Å². The molecule has 0 spiro atoms. The number of hydrogen-bond donors (Lipinski definition) is 1. The van der Waals surface area contributed by atoms with E-state index in [1.807, 2.05) is 34.7 Å². The summed E-state index contributed by atoms with van der Waals surface area (Å²) in [5.74, 6) is 1.85. The zero-order valence-electron chi connectivity index (χ0n) is 16.2. The van der Waals surface area contributed by atoms with E-state index in [1.54, 1.807) is 32.4 Å². The number of H-pyrrole nitrogens is 1. The van der Waals surface area contributed by atoms with E-state index >= 15 is 0 Å². The molecule has 30 heavy (non-hydrogen) atoms. The number of ether oxygens (including phenoxy) is 2. The summed E-state index contributed by atoms with van der Waals surface area (Å²) < 4.78 is 11.1. The van der Waals surface area contributed by atoms with Crippen LogP contribution in [0.4, 0.5) is 5.69 Å². The quantitative estimate of drug-likeness (QED) is 0.151. The highest BCUT2D eigenvalue weighted by molar-refractivity contribution is 14.1. The van der Waals surface area contributed by atoms with E-state index in [-0.39, 0.29) is 11.2 Å². The van der Waals surface area contributed by atoms with E-state index in [0.717, 1.165) is 11.1 Å². The second-order valence-corrected chi connectivity index (χ2v) is 8.28. The molecule has 0 fully saturated rings. The summed E-state index contributed by atoms with van der Waals surface area (Å²) in [6.07, 6.45) is 0.445. The predicted octanol–water partition coefficient (Wildman–Crippen LogP) is 4.18. The van der Waals surface area contributed by atoms with Crippen LogP contribution in [0.15, 0.2) is 52.4 Å². The summed E-state index contributed by atoms with van der Waals surface area (Å²) >= 11 is 3.35. The molecule has 8 nitrogen and oxygen atoms in total. The summed E-state index contributed by atoms with van der Waals surface area (Å²) in [6, 6.07) is 11.9. The van der Waals surface area contributed by atoms with Gasteiger partial charge in [-0.05, 0) is 45.9 Å². The number of aromatic amines is 1. The Kier molecular flexibility index (Phi) is 7.32. The smallest absolute Gasteiger partial charge is 0.269 e. The Morgan fingerprint density at radius 2 is 1.73 bits per heavy atom. The Balaban J connectivity index is 1.80. The highest BCUT2D eigenvalue weighted by Crippen LogP contribution is 2.26. The van der Waals surface area contributed by atoms with Crippen molar-refractivity contribution < 1.29 is 14.4 Å². The van der Waals surface area contributed by atoms with Crippen LogP contribution in [0.2, 0.25) is 0 Å². The van der Waals surface area contributed by atoms with Crippen LogP contribution in [0.5, 0.6) is 11.5 Å². The van der Waals surface area contributed by atoms with E-state index in [1.165, 1.54) is 23.9 Å². The molecule has 0 amide bonds. The van der Waals surface area contributed by atoms with Crippen molar-refractivity contribution in [1.29, 1.82) is 0 Å². The minimum atomic E-state index is -0.436. The number of hydrogen-bond acceptors (Lipinski definition) is 7. The number of nitrogens with zero attached hydrogens (tertiary/aromatic N) is 2. The van der Waals surface area contributed by atoms with E-state index in [0.29, 0.717) is 38.1 Å². The molecule has 0 bridgehead atoms. The van der Waals surface area contributed by atoms with Gasteiger partial charge in [-0.1, -0.05) is 23.9 Å². The van der Waals surface area contributed by atoms with E-state index in [2.05, 4.69) is 9.97 Å². The van der Waals surface area contributed by atoms with Gasteiger partial charge in [-0.25, -0.2) is 4.98 Å². The number of thioether (sulfide) groups is 1. The molecule has 156 valence electrons. The lowest BCUT2D eigenvalue weighted by Crippen LogP contribution is -2.16. The van der Waals surface area contributed by atoms with Crippen molar-refractivity contribution in [1.82, 2.24) is 9.97 Å². The summed E-state index contributed by atoms with van der Waals surface area (Å²) in [6.45, 7) is 0. The topological polar surface area (TPSA) is 107 Å². The van der Waals surface area contributed by atoms with Crippen LogP contribution in [-0.4, -0.2) is 29.1 Å². The molecule has 0 radical (unpaired) electrons. The zero-order valence-corrected chi connectivity index (χ0v) is 19.2. The van der Waals surface area contributed by atoms with Gasteiger partial charge in [0.25, 0.3) is 11.2 Å². The Morgan fingerprint density at radius 1 is 1.10 bits per heavy atom. The van der Waals surface area contributed by atoms with Crippen LogP contribution in [0, 0.1) is 13.7 Å². The van der Waals surface area contributed by atoms with Gasteiger partial charge < -0.3 is 14.5 Å². The van der Waals surface area contributed by atoms with Crippen LogP contribution in [0.3, 0.4) is 0 Å². The minimum Gasteiger partial charge on any atom is -0.497 e. The minimum absolute atomic E-state index is 0.0422. The largest absolute Gasteiger partial charge is 0.497 e. The van der Waals surface area contributed by atoms with Crippen LogP contribution in [-0.2, 0) is 12.2 Å². The summed E-state index contributed by atoms with van der Waals surface area (Å²) in [5, 5.41) is 11.3. The third-order valence-corrected chi connectivity index (χ3v) is 6.27. The molecule has 0 aliphatic carbocycles. The molecule has 1 heterocycles. The fourth-order valence-electron chi connectivity index (χ4n) is 2.70. The maximum absolute atomic E-state index is 12.4. The van der Waals surface area contributed by atoms with Crippen molar-refractivity contribution in [2.45, 2.75) is 17.3 Å². The van der Waals surface area contributed by atoms with Gasteiger partial charge in [0.15, 0.2) is 5.16 Å². The van der Waals surface area contributed by atoms with Crippen molar-refractivity contribution in [3.05, 3.63) is 83.3 Å². The van der Waals surface area contributed by atoms with Crippen LogP contribution >= 0.6 is 34.4 Å². The van der Waals surface area contributed by atoms with Gasteiger partial charge in [0, 0.05) is 30.4 Å². The molecule has 0 aliphatic heterocycles. The molecule has 3 aromatic rings. The average Bonchev–Trinajstić information content (AvgIpc) is 2.75. The normalized spacial score (nSPS) is 10.6. The maximum Gasteiger partial charge on any atom is 0.269 e. The first-order valence-electron chi connectivity index (χ1n) is 8.76. The van der Waals surface area contributed by atoms with Crippen molar-refractivity contribution in [2.24, 2.45) is 0 Å². The van der Waals surface area contributed by atoms with Crippen molar-refractivity contribution >= 4 is 40.0 Å². The number of rotatable bonds is 8. The molecule has 0 aliphatic rings. The van der Waals surface area contributed by atoms with Crippen LogP contribution in [0.1, 0.15) is 16.8 Å². The van der Waals surface area contributed by atoms with Gasteiger partial charge in [0.05, 0.1) is 24.8 Å². The van der Waals surface area contributed by atoms with Gasteiger partial charge in [0.1, 0.15) is 15.1 Å². The van der Waals surface area contributed by atoms with E-state index in [4.69, 9.17) is 9.47 Å². The molecule has 1 aromatic heterocycles. The monoisotopic (exact) mass is 539 g/mol. The SMILES string of the molecule is COc1cc(Cc2nc(SCc3ccc([N+](=O)[O-])cc3)[nH]c(=O)c2I)cc(OC)c1. The van der Waals surface area contributed by atoms with Crippen molar-refractivity contribution in [2.75, 3.05) is 14.2 Å². The average molecular weight is 539 g/mol. The third-order valence-electron chi connectivity index (χ3n) is 4.22. The number of aromatic nitrogens is 2. The van der Waals surface area contributed by atoms with Crippen molar-refractivity contribution in [3.63, 3.8) is 0 Å². The molecule has 0 atom stereocenters. The lowest BCUT2D eigenvalue weighted by molar-refractivity contribution is -0.384. The number of nitro benzene ring substituents is 1. The second-order valence-electron chi connectivity index (χ2n) is 6.24. The summed E-state index contributed by atoms with van der Waals surface area (Å²) in [4.78, 5) is 30.1. The Morgan fingerprint density at radius 3 is 2.30 bits per heavy atom. The number of non-ortho nitro benzene ring substituents is 1. The molecule has 0 unspecified atom stereocenters. The molecule has 2 aromatic carbocycles. The van der Waals surface area contributed by atoms with Crippen molar-refractivity contribution in [3.8, 4) is 11.5 Å². The molecular weight excluding hydrogens is 521 g/mol. The number of nitro groups is 1. The van der Waals surface area contributed by atoms with Gasteiger partial charge >= 0.3 is 0 Å². The molecular formula is C20H18IN3O5S. The number of nitrogens with one attached hydrogen (secondary N) is 1. The van der Waals surface area contributed by atoms with E-state index < -0.39 is 4.92 Å². The molecule has 0 saturated heterocycles. The number of methoxy groups -OCH3 is 2. The Labute approximate surface area is 190 Å². The van der Waals surface area contributed by atoms with Gasteiger partial charge in [-0.3, -0.25) is 14.9 Å². The maximum atomic E-state index is 12.4.